The Hall–Kier alpha value is -3.27. The van der Waals surface area contributed by atoms with E-state index < -0.39 is 35.9 Å². The second kappa shape index (κ2) is 10.4. The van der Waals surface area contributed by atoms with E-state index in [1.165, 1.54) is 18.0 Å². The average molecular weight is 501 g/mol. The summed E-state index contributed by atoms with van der Waals surface area (Å²) in [4.78, 5) is 37.1. The van der Waals surface area contributed by atoms with Crippen molar-refractivity contribution < 1.29 is 29.3 Å². The van der Waals surface area contributed by atoms with Crippen LogP contribution in [0.1, 0.15) is 58.0 Å². The van der Waals surface area contributed by atoms with Crippen molar-refractivity contribution in [3.05, 3.63) is 12.2 Å². The van der Waals surface area contributed by atoms with Crippen LogP contribution in [0, 0.1) is 23.2 Å². The Balaban J connectivity index is 1.49. The number of esters is 1. The molecule has 36 heavy (non-hydrogen) atoms. The molecule has 2 aromatic rings. The standard InChI is InChI=1S/C24H32N6O6/c1-4-26-21(33)18-16(31)17(32)22(36-18)30-12-27-15-19(25)28-14(29-20(15)30)7-5-6-13-8-10-24(2,11-9-13)23(34)35-3/h12-13,16-18,22,31-32H,4,6,8-11H2,1-3H3,(H,26,33)(H2,25,28,29). The van der Waals surface area contributed by atoms with E-state index in [4.69, 9.17) is 15.2 Å². The molecule has 2 fully saturated rings. The summed E-state index contributed by atoms with van der Waals surface area (Å²) in [6.07, 6.45) is 0.118. The van der Waals surface area contributed by atoms with Crippen molar-refractivity contribution in [3.8, 4) is 11.8 Å². The van der Waals surface area contributed by atoms with Crippen LogP contribution in [0.25, 0.3) is 11.2 Å². The highest BCUT2D eigenvalue weighted by Gasteiger charge is 2.47. The van der Waals surface area contributed by atoms with E-state index in [9.17, 15) is 19.8 Å². The number of aromatic nitrogens is 4. The van der Waals surface area contributed by atoms with Crippen LogP contribution < -0.4 is 11.1 Å². The van der Waals surface area contributed by atoms with Crippen molar-refractivity contribution in [2.45, 2.75) is 70.5 Å². The van der Waals surface area contributed by atoms with Crippen LogP contribution in [-0.2, 0) is 19.1 Å². The lowest BCUT2D eigenvalue weighted by atomic mass is 9.71. The molecule has 3 heterocycles. The number of aliphatic hydroxyl groups excluding tert-OH is 2. The zero-order valence-corrected chi connectivity index (χ0v) is 20.6. The van der Waals surface area contributed by atoms with Crippen LogP contribution in [0.15, 0.2) is 6.33 Å². The predicted octanol–water partition coefficient (Wildman–Crippen LogP) is 0.275. The Labute approximate surface area is 208 Å². The number of hydrogen-bond acceptors (Lipinski definition) is 10. The first-order chi connectivity index (χ1) is 17.2. The second-order valence-corrected chi connectivity index (χ2v) is 9.58. The Bertz CT molecular complexity index is 1190. The molecule has 0 spiro atoms. The van der Waals surface area contributed by atoms with Crippen molar-refractivity contribution in [2.24, 2.45) is 11.3 Å². The number of hydrogen-bond donors (Lipinski definition) is 4. The smallest absolute Gasteiger partial charge is 0.311 e. The number of aliphatic hydroxyl groups is 2. The van der Waals surface area contributed by atoms with E-state index in [1.54, 1.807) is 6.92 Å². The lowest BCUT2D eigenvalue weighted by molar-refractivity contribution is -0.154. The number of nitrogens with two attached hydrogens (primary N) is 1. The molecule has 12 heteroatoms. The fourth-order valence-corrected chi connectivity index (χ4v) is 4.81. The fourth-order valence-electron chi connectivity index (χ4n) is 4.81. The molecule has 1 amide bonds. The zero-order valence-electron chi connectivity index (χ0n) is 20.6. The highest BCUT2D eigenvalue weighted by atomic mass is 16.6. The quantitative estimate of drug-likeness (QED) is 0.329. The molecule has 0 aromatic carbocycles. The summed E-state index contributed by atoms with van der Waals surface area (Å²) in [6.45, 7) is 4.04. The third-order valence-corrected chi connectivity index (χ3v) is 7.05. The van der Waals surface area contributed by atoms with Crippen LogP contribution in [0.3, 0.4) is 0 Å². The van der Waals surface area contributed by atoms with Crippen LogP contribution >= 0.6 is 0 Å². The van der Waals surface area contributed by atoms with Gasteiger partial charge in [0.15, 0.2) is 23.8 Å². The number of methoxy groups -OCH3 is 1. The third-order valence-electron chi connectivity index (χ3n) is 7.05. The number of imidazole rings is 1. The molecule has 1 saturated carbocycles. The minimum atomic E-state index is -1.42. The highest BCUT2D eigenvalue weighted by molar-refractivity contribution is 5.83. The van der Waals surface area contributed by atoms with Gasteiger partial charge >= 0.3 is 5.97 Å². The number of likely N-dealkylation sites (N-methyl/N-ethyl adjacent to an activating group) is 1. The molecule has 0 radical (unpaired) electrons. The van der Waals surface area contributed by atoms with E-state index in [1.807, 2.05) is 6.92 Å². The van der Waals surface area contributed by atoms with Gasteiger partial charge in [-0.05, 0) is 51.4 Å². The Morgan fingerprint density at radius 3 is 2.69 bits per heavy atom. The molecule has 0 bridgehead atoms. The van der Waals surface area contributed by atoms with Crippen molar-refractivity contribution in [1.82, 2.24) is 24.8 Å². The minimum absolute atomic E-state index is 0.114. The lowest BCUT2D eigenvalue weighted by Crippen LogP contribution is -2.42. The van der Waals surface area contributed by atoms with Gasteiger partial charge in [0.2, 0.25) is 5.82 Å². The van der Waals surface area contributed by atoms with Crippen molar-refractivity contribution >= 4 is 28.9 Å². The van der Waals surface area contributed by atoms with Crippen LogP contribution in [0.2, 0.25) is 0 Å². The Kier molecular flexibility index (Phi) is 7.44. The summed E-state index contributed by atoms with van der Waals surface area (Å²) in [5.74, 6) is 6.04. The maximum atomic E-state index is 12.2. The van der Waals surface area contributed by atoms with Gasteiger partial charge in [0.05, 0.1) is 18.9 Å². The molecule has 4 unspecified atom stereocenters. The van der Waals surface area contributed by atoms with Crippen LogP contribution in [0.4, 0.5) is 5.82 Å². The number of carbonyl (C=O) groups is 2. The van der Waals surface area contributed by atoms with Crippen LogP contribution in [-0.4, -0.2) is 73.6 Å². The summed E-state index contributed by atoms with van der Waals surface area (Å²) < 4.78 is 12.0. The number of rotatable bonds is 5. The van der Waals surface area contributed by atoms with Gasteiger partial charge in [-0.15, -0.1) is 0 Å². The van der Waals surface area contributed by atoms with E-state index in [2.05, 4.69) is 32.1 Å². The number of ether oxygens (including phenoxy) is 2. The molecule has 1 aliphatic heterocycles. The highest BCUT2D eigenvalue weighted by Crippen LogP contribution is 2.40. The number of nitrogens with zero attached hydrogens (tertiary/aromatic N) is 4. The number of fused-ring (bicyclic) bond motifs is 1. The summed E-state index contributed by atoms with van der Waals surface area (Å²) in [5.41, 5.74) is 6.21. The maximum Gasteiger partial charge on any atom is 0.311 e. The first-order valence-electron chi connectivity index (χ1n) is 12.0. The number of carbonyl (C=O) groups excluding carboxylic acids is 2. The van der Waals surface area contributed by atoms with Crippen molar-refractivity contribution in [3.63, 3.8) is 0 Å². The molecule has 1 aliphatic carbocycles. The van der Waals surface area contributed by atoms with Gasteiger partial charge in [-0.2, -0.15) is 0 Å². The third kappa shape index (κ3) is 4.86. The fraction of sp³-hybridized carbons (Fsp3) is 0.625. The molecular formula is C24H32N6O6. The van der Waals surface area contributed by atoms with E-state index in [-0.39, 0.29) is 23.3 Å². The molecule has 12 nitrogen and oxygen atoms in total. The van der Waals surface area contributed by atoms with Crippen molar-refractivity contribution in [1.29, 1.82) is 0 Å². The van der Waals surface area contributed by atoms with Gasteiger partial charge in [0, 0.05) is 13.0 Å². The molecule has 4 rings (SSSR count). The Morgan fingerprint density at radius 2 is 2.03 bits per heavy atom. The van der Waals surface area contributed by atoms with E-state index in [0.717, 1.165) is 25.7 Å². The van der Waals surface area contributed by atoms with E-state index >= 15 is 0 Å². The van der Waals surface area contributed by atoms with E-state index in [0.29, 0.717) is 24.4 Å². The lowest BCUT2D eigenvalue weighted by Gasteiger charge is -2.34. The molecule has 194 valence electrons. The summed E-state index contributed by atoms with van der Waals surface area (Å²) in [7, 11) is 1.42. The van der Waals surface area contributed by atoms with Gasteiger partial charge < -0.3 is 30.7 Å². The topological polar surface area (TPSA) is 175 Å². The molecule has 1 saturated heterocycles. The second-order valence-electron chi connectivity index (χ2n) is 9.58. The SMILES string of the molecule is CCNC(=O)C1OC(n2cnc3c(N)nc(C#CCC4CCC(C)(C(=O)OC)CC4)nc32)C(O)C1O. The summed E-state index contributed by atoms with van der Waals surface area (Å²) in [5, 5.41) is 23.5. The van der Waals surface area contributed by atoms with Gasteiger partial charge in [-0.25, -0.2) is 15.0 Å². The maximum absolute atomic E-state index is 12.2. The monoisotopic (exact) mass is 500 g/mol. The molecular weight excluding hydrogens is 468 g/mol. The normalized spacial score (nSPS) is 30.0. The number of anilines is 1. The largest absolute Gasteiger partial charge is 0.469 e. The summed E-state index contributed by atoms with van der Waals surface area (Å²) in [6, 6.07) is 0. The summed E-state index contributed by atoms with van der Waals surface area (Å²) >= 11 is 0. The molecule has 5 N–H and O–H groups in total. The van der Waals surface area contributed by atoms with Crippen molar-refractivity contribution in [2.75, 3.05) is 19.4 Å². The minimum Gasteiger partial charge on any atom is -0.469 e. The number of nitrogens with one attached hydrogen (secondary N) is 1. The molecule has 2 aromatic heterocycles. The van der Waals surface area contributed by atoms with Gasteiger partial charge in [-0.1, -0.05) is 5.92 Å². The Morgan fingerprint density at radius 1 is 1.31 bits per heavy atom. The van der Waals surface area contributed by atoms with Gasteiger partial charge in [0.1, 0.15) is 17.7 Å². The van der Waals surface area contributed by atoms with Gasteiger partial charge in [0.25, 0.3) is 5.91 Å². The van der Waals surface area contributed by atoms with Crippen LogP contribution in [0.5, 0.6) is 0 Å². The zero-order chi connectivity index (χ0) is 26.0. The average Bonchev–Trinajstić information content (AvgIpc) is 3.41. The predicted molar refractivity (Wildman–Crippen MR) is 128 cm³/mol. The number of amides is 1. The van der Waals surface area contributed by atoms with Gasteiger partial charge in [-0.3, -0.25) is 14.2 Å². The molecule has 4 atom stereocenters. The first kappa shape index (κ1) is 25.8. The first-order valence-corrected chi connectivity index (χ1v) is 12.0. The molecule has 2 aliphatic rings. The number of nitrogen functional groups attached to an aromatic ring is 1.